The third-order valence-corrected chi connectivity index (χ3v) is 13.0. The number of ether oxygens (including phenoxy) is 1. The van der Waals surface area contributed by atoms with Crippen molar-refractivity contribution in [2.75, 3.05) is 19.8 Å². The van der Waals surface area contributed by atoms with Crippen LogP contribution in [0.3, 0.4) is 0 Å². The highest BCUT2D eigenvalue weighted by atomic mass is 35.5. The van der Waals surface area contributed by atoms with Gasteiger partial charge in [-0.3, -0.25) is 9.59 Å². The minimum atomic E-state index is -0.212. The Morgan fingerprint density at radius 3 is 1.42 bits per heavy atom. The quantitative estimate of drug-likeness (QED) is 0.0329. The predicted molar refractivity (Wildman–Crippen MR) is 271 cm³/mol. The van der Waals surface area contributed by atoms with Crippen LogP contribution in [0.5, 0.6) is 0 Å². The van der Waals surface area contributed by atoms with E-state index in [4.69, 9.17) is 9.94 Å². The molecule has 4 aromatic rings. The van der Waals surface area contributed by atoms with E-state index in [0.29, 0.717) is 24.5 Å². The van der Waals surface area contributed by atoms with E-state index in [1.165, 1.54) is 95.9 Å². The number of benzene rings is 4. The fourth-order valence-electron chi connectivity index (χ4n) is 9.62. The van der Waals surface area contributed by atoms with E-state index in [2.05, 4.69) is 116 Å². The highest BCUT2D eigenvalue weighted by Crippen LogP contribution is 2.55. The van der Waals surface area contributed by atoms with E-state index in [1.54, 1.807) is 6.92 Å². The number of carbonyl (C=O) groups excluding carboxylic acids is 2. The first-order valence-corrected chi connectivity index (χ1v) is 24.3. The molecule has 4 aromatic carbocycles. The van der Waals surface area contributed by atoms with Crippen LogP contribution in [0.15, 0.2) is 95.4 Å². The summed E-state index contributed by atoms with van der Waals surface area (Å²) in [5.41, 5.74) is 12.5. The molecule has 1 aliphatic heterocycles. The molecule has 1 heterocycles. The maximum atomic E-state index is 12.6. The molecule has 8 nitrogen and oxygen atoms in total. The van der Waals surface area contributed by atoms with E-state index in [-0.39, 0.29) is 40.5 Å². The molecular formula is C56H77ClN2O6. The van der Waals surface area contributed by atoms with E-state index in [0.717, 1.165) is 57.3 Å². The number of carbonyl (C=O) groups is 2. The third kappa shape index (κ3) is 13.5. The molecule has 0 radical (unpaired) electrons. The Bertz CT molecular complexity index is 2120. The lowest BCUT2D eigenvalue weighted by Crippen LogP contribution is -2.26. The van der Waals surface area contributed by atoms with Crippen molar-refractivity contribution in [2.24, 2.45) is 16.4 Å². The van der Waals surface area contributed by atoms with E-state index in [1.807, 2.05) is 32.9 Å². The number of hydrogen-bond acceptors (Lipinski definition) is 8. The van der Waals surface area contributed by atoms with Crippen LogP contribution in [-0.2, 0) is 20.4 Å². The SMILES string of the molecule is C1CCOC1.CC(C)CON=O.CCCCC1(CCCC)c2ccccc2-c2ccc(C(=O)/C(C)=N\O)cc21.CCCCC1(CCCC)c2ccccc2-c2ccc(C(=O)CC)cc21.Cl. The van der Waals surface area contributed by atoms with Gasteiger partial charge in [0.1, 0.15) is 12.3 Å². The molecule has 2 aliphatic carbocycles. The van der Waals surface area contributed by atoms with Crippen LogP contribution in [-0.4, -0.2) is 42.3 Å². The first kappa shape index (κ1) is 54.7. The van der Waals surface area contributed by atoms with Gasteiger partial charge in [0.15, 0.2) is 11.1 Å². The van der Waals surface area contributed by atoms with Gasteiger partial charge in [-0.25, -0.2) is 0 Å². The number of oxime groups is 1. The number of nitrogens with zero attached hydrogens (tertiary/aromatic N) is 2. The van der Waals surface area contributed by atoms with Crippen molar-refractivity contribution in [3.05, 3.63) is 123 Å². The summed E-state index contributed by atoms with van der Waals surface area (Å²) in [6, 6.07) is 30.0. The number of hydrogen-bond donors (Lipinski definition) is 1. The molecule has 0 atom stereocenters. The Morgan fingerprint density at radius 2 is 1.06 bits per heavy atom. The van der Waals surface area contributed by atoms with Crippen LogP contribution in [0.4, 0.5) is 0 Å². The van der Waals surface area contributed by atoms with Crippen molar-refractivity contribution in [3.63, 3.8) is 0 Å². The third-order valence-electron chi connectivity index (χ3n) is 13.0. The Morgan fingerprint density at radius 1 is 0.646 bits per heavy atom. The number of rotatable bonds is 19. The molecular weight excluding hydrogens is 832 g/mol. The minimum Gasteiger partial charge on any atom is -0.411 e. The van der Waals surface area contributed by atoms with Crippen molar-refractivity contribution in [2.45, 2.75) is 163 Å². The molecule has 0 spiro atoms. The maximum Gasteiger partial charge on any atom is 0.210 e. The largest absolute Gasteiger partial charge is 0.411 e. The molecule has 0 amide bonds. The molecule has 9 heteroatoms. The zero-order chi connectivity index (χ0) is 46.5. The smallest absolute Gasteiger partial charge is 0.210 e. The lowest BCUT2D eigenvalue weighted by molar-refractivity contribution is 0.0987. The lowest BCUT2D eigenvalue weighted by atomic mass is 9.70. The van der Waals surface area contributed by atoms with Gasteiger partial charge in [0.05, 0.1) is 0 Å². The molecule has 65 heavy (non-hydrogen) atoms. The number of halogens is 1. The van der Waals surface area contributed by atoms with Crippen LogP contribution in [0, 0.1) is 10.8 Å². The Balaban J connectivity index is 0.000000272. The number of unbranched alkanes of at least 4 members (excludes halogenated alkanes) is 4. The summed E-state index contributed by atoms with van der Waals surface area (Å²) in [6.07, 6.45) is 17.2. The normalized spacial score (nSPS) is 14.4. The second kappa shape index (κ2) is 27.7. The van der Waals surface area contributed by atoms with Crippen molar-refractivity contribution in [1.82, 2.24) is 0 Å². The molecule has 354 valence electrons. The molecule has 1 saturated heterocycles. The number of fused-ring (bicyclic) bond motifs is 6. The highest BCUT2D eigenvalue weighted by Gasteiger charge is 2.43. The Labute approximate surface area is 396 Å². The Kier molecular flexibility index (Phi) is 23.3. The zero-order valence-electron chi connectivity index (χ0n) is 40.7. The van der Waals surface area contributed by atoms with E-state index in [9.17, 15) is 14.5 Å². The molecule has 7 rings (SSSR count). The van der Waals surface area contributed by atoms with E-state index >= 15 is 0 Å². The van der Waals surface area contributed by atoms with Gasteiger partial charge in [-0.05, 0) is 108 Å². The standard InChI is InChI=1S/C24H29NO2.C24H30O.C4H9NO2.C4H8O.ClH/c1-4-6-14-24(15-7-5-2)21-11-9-8-10-19(21)20-13-12-18(16-22(20)24)23(26)17(3)25-27;1-4-7-15-24(16-8-5-2)21-12-10-9-11-19(21)20-14-13-18(17-22(20)24)23(25)6-3;1-4(2)3-7-5-6;1-2-4-5-3-1;/h8-13,16,27H,4-7,14-15H2,1-3H3;9-14,17H,4-8,15-16H2,1-3H3;4H,3H2,1-2H3;1-4H2;1H/b25-17-;;;;. The van der Waals surface area contributed by atoms with Gasteiger partial charge in [-0.15, -0.1) is 17.3 Å². The summed E-state index contributed by atoms with van der Waals surface area (Å²) in [5.74, 6) is 0.424. The summed E-state index contributed by atoms with van der Waals surface area (Å²) < 4.78 is 4.94. The van der Waals surface area contributed by atoms with Crippen LogP contribution >= 0.6 is 12.4 Å². The van der Waals surface area contributed by atoms with Crippen LogP contribution in [0.25, 0.3) is 22.3 Å². The van der Waals surface area contributed by atoms with Crippen molar-refractivity contribution >= 4 is 29.7 Å². The second-order valence-corrected chi connectivity index (χ2v) is 18.1. The minimum absolute atomic E-state index is 0. The zero-order valence-corrected chi connectivity index (χ0v) is 41.5. The van der Waals surface area contributed by atoms with Crippen molar-refractivity contribution in [1.29, 1.82) is 0 Å². The average Bonchev–Trinajstić information content (AvgIpc) is 4.07. The van der Waals surface area contributed by atoms with Crippen molar-refractivity contribution < 1.29 is 24.4 Å². The molecule has 1 fully saturated rings. The first-order chi connectivity index (χ1) is 31.0. The van der Waals surface area contributed by atoms with E-state index < -0.39 is 0 Å². The number of Topliss-reactive ketones (excluding diaryl/α,β-unsaturated/α-hetero) is 2. The molecule has 0 saturated carbocycles. The van der Waals surface area contributed by atoms with Gasteiger partial charge in [0.25, 0.3) is 0 Å². The average molecular weight is 910 g/mol. The fraction of sp³-hybridized carbons (Fsp3) is 0.518. The highest BCUT2D eigenvalue weighted by molar-refractivity contribution is 6.45. The molecule has 3 aliphatic rings. The van der Waals surface area contributed by atoms with Crippen molar-refractivity contribution in [3.8, 4) is 22.3 Å². The summed E-state index contributed by atoms with van der Waals surface area (Å²) in [7, 11) is 0. The molecule has 1 N–H and O–H groups in total. The topological polar surface area (TPSA) is 115 Å². The molecule has 0 unspecified atom stereocenters. The van der Waals surface area contributed by atoms with Gasteiger partial charge in [-0.2, -0.15) is 0 Å². The van der Waals surface area contributed by atoms with Crippen LogP contribution in [0.2, 0.25) is 0 Å². The predicted octanol–water partition coefficient (Wildman–Crippen LogP) is 15.9. The van der Waals surface area contributed by atoms with Gasteiger partial charge in [0, 0.05) is 41.6 Å². The summed E-state index contributed by atoms with van der Waals surface area (Å²) in [5, 5.41) is 14.3. The fourth-order valence-corrected chi connectivity index (χ4v) is 9.62. The van der Waals surface area contributed by atoms with Crippen LogP contribution < -0.4 is 0 Å². The van der Waals surface area contributed by atoms with Gasteiger partial charge in [0.2, 0.25) is 5.78 Å². The summed E-state index contributed by atoms with van der Waals surface area (Å²) in [6.45, 7) is 18.8. The summed E-state index contributed by atoms with van der Waals surface area (Å²) in [4.78, 5) is 38.3. The molecule has 0 bridgehead atoms. The Hall–Kier alpha value is -4.66. The summed E-state index contributed by atoms with van der Waals surface area (Å²) >= 11 is 0. The lowest BCUT2D eigenvalue weighted by Gasteiger charge is -2.32. The van der Waals surface area contributed by atoms with Gasteiger partial charge in [-0.1, -0.05) is 178 Å². The molecule has 0 aromatic heterocycles. The monoisotopic (exact) mass is 909 g/mol. The van der Waals surface area contributed by atoms with Gasteiger partial charge < -0.3 is 14.8 Å². The maximum absolute atomic E-state index is 12.6. The van der Waals surface area contributed by atoms with Crippen LogP contribution in [0.1, 0.15) is 195 Å². The first-order valence-electron chi connectivity index (χ1n) is 24.3. The van der Waals surface area contributed by atoms with Gasteiger partial charge >= 0.3 is 0 Å². The second-order valence-electron chi connectivity index (χ2n) is 18.1. The number of ketones is 2.